The molecule has 0 spiro atoms. The number of aromatic nitrogens is 2. The fourth-order valence-corrected chi connectivity index (χ4v) is 2.09. The third kappa shape index (κ3) is 2.64. The van der Waals surface area contributed by atoms with Crippen molar-refractivity contribution in [2.45, 2.75) is 18.4 Å². The van der Waals surface area contributed by atoms with E-state index in [2.05, 4.69) is 17.1 Å². The van der Waals surface area contributed by atoms with Crippen molar-refractivity contribution in [1.29, 1.82) is 0 Å². The molecule has 1 heterocycles. The standard InChI is InChI=1S/C12H13FN2S/c1-2-7-16-12-8-11(14-15-12)9-3-5-10(13)6-4-9/h3-6,8H,2,7H2,1H3,(H,14,15). The summed E-state index contributed by atoms with van der Waals surface area (Å²) in [7, 11) is 0. The van der Waals surface area contributed by atoms with E-state index in [1.54, 1.807) is 23.9 Å². The molecule has 0 saturated carbocycles. The zero-order valence-corrected chi connectivity index (χ0v) is 9.85. The molecule has 0 aliphatic rings. The van der Waals surface area contributed by atoms with Crippen LogP contribution >= 0.6 is 11.8 Å². The minimum Gasteiger partial charge on any atom is -0.277 e. The zero-order valence-electron chi connectivity index (χ0n) is 9.03. The lowest BCUT2D eigenvalue weighted by molar-refractivity contribution is 0.628. The van der Waals surface area contributed by atoms with Gasteiger partial charge in [-0.05, 0) is 48.1 Å². The van der Waals surface area contributed by atoms with Crippen molar-refractivity contribution < 1.29 is 4.39 Å². The topological polar surface area (TPSA) is 28.7 Å². The van der Waals surface area contributed by atoms with Gasteiger partial charge < -0.3 is 0 Å². The second kappa shape index (κ2) is 5.16. The Labute approximate surface area is 98.3 Å². The Morgan fingerprint density at radius 1 is 1.31 bits per heavy atom. The van der Waals surface area contributed by atoms with Crippen LogP contribution in [0.4, 0.5) is 4.39 Å². The highest BCUT2D eigenvalue weighted by Gasteiger charge is 2.03. The van der Waals surface area contributed by atoms with Crippen molar-refractivity contribution in [3.63, 3.8) is 0 Å². The summed E-state index contributed by atoms with van der Waals surface area (Å²) < 4.78 is 12.7. The smallest absolute Gasteiger partial charge is 0.123 e. The van der Waals surface area contributed by atoms with Crippen molar-refractivity contribution in [2.24, 2.45) is 0 Å². The molecule has 1 N–H and O–H groups in total. The van der Waals surface area contributed by atoms with Gasteiger partial charge in [0.2, 0.25) is 0 Å². The molecular formula is C12H13FN2S. The van der Waals surface area contributed by atoms with Crippen LogP contribution < -0.4 is 0 Å². The van der Waals surface area contributed by atoms with Crippen molar-refractivity contribution in [3.8, 4) is 11.3 Å². The van der Waals surface area contributed by atoms with Gasteiger partial charge in [-0.1, -0.05) is 6.92 Å². The van der Waals surface area contributed by atoms with Crippen LogP contribution in [0.15, 0.2) is 35.4 Å². The van der Waals surface area contributed by atoms with Gasteiger partial charge in [0, 0.05) is 0 Å². The molecule has 0 atom stereocenters. The quantitative estimate of drug-likeness (QED) is 0.820. The fourth-order valence-electron chi connectivity index (χ4n) is 1.36. The number of aromatic amines is 1. The fraction of sp³-hybridized carbons (Fsp3) is 0.250. The van der Waals surface area contributed by atoms with E-state index in [9.17, 15) is 4.39 Å². The lowest BCUT2D eigenvalue weighted by atomic mass is 10.1. The van der Waals surface area contributed by atoms with Crippen LogP contribution in [-0.4, -0.2) is 16.0 Å². The molecular weight excluding hydrogens is 223 g/mol. The first-order valence-electron chi connectivity index (χ1n) is 5.23. The van der Waals surface area contributed by atoms with Crippen LogP contribution in [0.25, 0.3) is 11.3 Å². The highest BCUT2D eigenvalue weighted by molar-refractivity contribution is 7.99. The Hall–Kier alpha value is -1.29. The number of H-pyrrole nitrogens is 1. The summed E-state index contributed by atoms with van der Waals surface area (Å²) in [5.74, 6) is 0.845. The number of rotatable bonds is 4. The molecule has 1 aromatic heterocycles. The second-order valence-corrected chi connectivity index (χ2v) is 4.59. The van der Waals surface area contributed by atoms with Crippen molar-refractivity contribution >= 4 is 11.8 Å². The Kier molecular flexibility index (Phi) is 3.62. The minimum absolute atomic E-state index is 0.219. The number of nitrogens with one attached hydrogen (secondary N) is 1. The molecule has 0 saturated heterocycles. The molecule has 0 amide bonds. The highest BCUT2D eigenvalue weighted by atomic mass is 32.2. The molecule has 1 aromatic carbocycles. The van der Waals surface area contributed by atoms with E-state index < -0.39 is 0 Å². The maximum atomic E-state index is 12.7. The monoisotopic (exact) mass is 236 g/mol. The van der Waals surface area contributed by atoms with Gasteiger partial charge in [0.05, 0.1) is 5.69 Å². The summed E-state index contributed by atoms with van der Waals surface area (Å²) in [4.78, 5) is 0. The van der Waals surface area contributed by atoms with E-state index in [0.717, 1.165) is 28.5 Å². The SMILES string of the molecule is CCCSc1cc(-c2ccc(F)cc2)[nH]n1. The first kappa shape index (κ1) is 11.2. The molecule has 0 radical (unpaired) electrons. The molecule has 0 unspecified atom stereocenters. The lowest BCUT2D eigenvalue weighted by Crippen LogP contribution is -1.78. The molecule has 2 rings (SSSR count). The van der Waals surface area contributed by atoms with Gasteiger partial charge in [-0.15, -0.1) is 11.8 Å². The summed E-state index contributed by atoms with van der Waals surface area (Å²) >= 11 is 1.72. The number of nitrogens with zero attached hydrogens (tertiary/aromatic N) is 1. The largest absolute Gasteiger partial charge is 0.277 e. The highest BCUT2D eigenvalue weighted by Crippen LogP contribution is 2.23. The Morgan fingerprint density at radius 2 is 2.06 bits per heavy atom. The number of hydrogen-bond acceptors (Lipinski definition) is 2. The van der Waals surface area contributed by atoms with Crippen LogP contribution in [0, 0.1) is 5.82 Å². The molecule has 0 aliphatic heterocycles. The Bertz CT molecular complexity index is 450. The number of benzene rings is 1. The van der Waals surface area contributed by atoms with Crippen LogP contribution in [0.3, 0.4) is 0 Å². The molecule has 4 heteroatoms. The molecule has 2 aromatic rings. The summed E-state index contributed by atoms with van der Waals surface area (Å²) in [6.07, 6.45) is 1.13. The summed E-state index contributed by atoms with van der Waals surface area (Å²) in [6.45, 7) is 2.14. The minimum atomic E-state index is -0.219. The molecule has 16 heavy (non-hydrogen) atoms. The molecule has 0 aliphatic carbocycles. The van der Waals surface area contributed by atoms with Gasteiger partial charge in [0.25, 0.3) is 0 Å². The van der Waals surface area contributed by atoms with Crippen molar-refractivity contribution in [1.82, 2.24) is 10.2 Å². The zero-order chi connectivity index (χ0) is 11.4. The van der Waals surface area contributed by atoms with E-state index in [1.165, 1.54) is 12.1 Å². The van der Waals surface area contributed by atoms with E-state index in [4.69, 9.17) is 0 Å². The summed E-state index contributed by atoms with van der Waals surface area (Å²) in [5.41, 5.74) is 1.89. The maximum Gasteiger partial charge on any atom is 0.123 e. The van der Waals surface area contributed by atoms with Gasteiger partial charge in [-0.3, -0.25) is 5.10 Å². The van der Waals surface area contributed by atoms with Gasteiger partial charge in [0.15, 0.2) is 0 Å². The van der Waals surface area contributed by atoms with E-state index >= 15 is 0 Å². The molecule has 0 fully saturated rings. The summed E-state index contributed by atoms with van der Waals surface area (Å²) in [6, 6.07) is 8.39. The average Bonchev–Trinajstić information content (AvgIpc) is 2.76. The van der Waals surface area contributed by atoms with Gasteiger partial charge in [0.1, 0.15) is 10.8 Å². The van der Waals surface area contributed by atoms with Crippen molar-refractivity contribution in [2.75, 3.05) is 5.75 Å². The number of halogens is 1. The third-order valence-electron chi connectivity index (χ3n) is 2.16. The first-order chi connectivity index (χ1) is 7.79. The maximum absolute atomic E-state index is 12.7. The van der Waals surface area contributed by atoms with Crippen molar-refractivity contribution in [3.05, 3.63) is 36.1 Å². The van der Waals surface area contributed by atoms with Crippen LogP contribution in [0.1, 0.15) is 13.3 Å². The Morgan fingerprint density at radius 3 is 2.75 bits per heavy atom. The normalized spacial score (nSPS) is 10.6. The Balaban J connectivity index is 2.15. The van der Waals surface area contributed by atoms with E-state index in [1.807, 2.05) is 6.07 Å². The number of thioether (sulfide) groups is 1. The number of hydrogen-bond donors (Lipinski definition) is 1. The predicted molar refractivity (Wildman–Crippen MR) is 65.0 cm³/mol. The lowest BCUT2D eigenvalue weighted by Gasteiger charge is -1.95. The van der Waals surface area contributed by atoms with Crippen LogP contribution in [0.5, 0.6) is 0 Å². The van der Waals surface area contributed by atoms with E-state index in [-0.39, 0.29) is 5.82 Å². The first-order valence-corrected chi connectivity index (χ1v) is 6.22. The molecule has 2 nitrogen and oxygen atoms in total. The predicted octanol–water partition coefficient (Wildman–Crippen LogP) is 3.72. The second-order valence-electron chi connectivity index (χ2n) is 3.48. The van der Waals surface area contributed by atoms with Gasteiger partial charge in [-0.25, -0.2) is 4.39 Å². The molecule has 84 valence electrons. The van der Waals surface area contributed by atoms with Gasteiger partial charge in [-0.2, -0.15) is 5.10 Å². The van der Waals surface area contributed by atoms with Crippen LogP contribution in [0.2, 0.25) is 0 Å². The van der Waals surface area contributed by atoms with Gasteiger partial charge >= 0.3 is 0 Å². The summed E-state index contributed by atoms with van der Waals surface area (Å²) in [5, 5.41) is 8.14. The van der Waals surface area contributed by atoms with E-state index in [0.29, 0.717) is 0 Å². The average molecular weight is 236 g/mol. The van der Waals surface area contributed by atoms with Crippen LogP contribution in [-0.2, 0) is 0 Å². The molecule has 0 bridgehead atoms. The third-order valence-corrected chi connectivity index (χ3v) is 3.28.